The van der Waals surface area contributed by atoms with Gasteiger partial charge >= 0.3 is 12.1 Å². The van der Waals surface area contributed by atoms with Crippen molar-refractivity contribution < 1.29 is 23.9 Å². The molecule has 0 saturated carbocycles. The van der Waals surface area contributed by atoms with E-state index in [0.29, 0.717) is 43.2 Å². The van der Waals surface area contributed by atoms with Crippen LogP contribution in [0, 0.1) is 6.92 Å². The number of rotatable bonds is 5. The second-order valence-corrected chi connectivity index (χ2v) is 7.62. The summed E-state index contributed by atoms with van der Waals surface area (Å²) in [7, 11) is 1.30. The van der Waals surface area contributed by atoms with Crippen molar-refractivity contribution in [3.05, 3.63) is 33.5 Å². The standard InChI is InChI=1S/C19H24N4O5S/c1-5-23-11(3)9-13(21-23)16(24)20-17-15(18(25)27-4)12-7-8-22(10-14(12)29-17)19(26)28-6-2/h9H,5-8,10H2,1-4H3,(H,20,24). The number of nitrogens with one attached hydrogen (secondary N) is 1. The van der Waals surface area contributed by atoms with E-state index in [2.05, 4.69) is 10.4 Å². The molecule has 0 atom stereocenters. The van der Waals surface area contributed by atoms with E-state index >= 15 is 0 Å². The number of anilines is 1. The second kappa shape index (κ2) is 8.64. The molecule has 29 heavy (non-hydrogen) atoms. The number of carbonyl (C=O) groups is 3. The first kappa shape index (κ1) is 20.8. The van der Waals surface area contributed by atoms with Crippen molar-refractivity contribution in [2.75, 3.05) is 25.6 Å². The van der Waals surface area contributed by atoms with Gasteiger partial charge in [0.2, 0.25) is 0 Å². The molecule has 0 spiro atoms. The van der Waals surface area contributed by atoms with E-state index in [9.17, 15) is 14.4 Å². The van der Waals surface area contributed by atoms with Gasteiger partial charge in [0, 0.05) is 23.7 Å². The Bertz CT molecular complexity index is 949. The van der Waals surface area contributed by atoms with Crippen molar-refractivity contribution in [2.24, 2.45) is 0 Å². The first-order valence-corrected chi connectivity index (χ1v) is 10.2. The highest BCUT2D eigenvalue weighted by Gasteiger charge is 2.31. The number of thiophene rings is 1. The van der Waals surface area contributed by atoms with Crippen molar-refractivity contribution in [3.63, 3.8) is 0 Å². The minimum absolute atomic E-state index is 0.277. The molecule has 0 unspecified atom stereocenters. The summed E-state index contributed by atoms with van der Waals surface area (Å²) >= 11 is 1.27. The molecule has 1 aliphatic rings. The van der Waals surface area contributed by atoms with E-state index in [4.69, 9.17) is 9.47 Å². The minimum atomic E-state index is -0.516. The molecule has 0 saturated heterocycles. The van der Waals surface area contributed by atoms with Crippen LogP contribution in [0.2, 0.25) is 0 Å². The number of aryl methyl sites for hydroxylation is 2. The quantitative estimate of drug-likeness (QED) is 0.746. The Kier molecular flexibility index (Phi) is 6.21. The third kappa shape index (κ3) is 4.12. The number of methoxy groups -OCH3 is 1. The number of fused-ring (bicyclic) bond motifs is 1. The van der Waals surface area contributed by atoms with E-state index in [-0.39, 0.29) is 5.69 Å². The number of hydrogen-bond donors (Lipinski definition) is 1. The van der Waals surface area contributed by atoms with E-state index in [0.717, 1.165) is 16.1 Å². The summed E-state index contributed by atoms with van der Waals surface area (Å²) in [5.41, 5.74) is 2.30. The minimum Gasteiger partial charge on any atom is -0.465 e. The fourth-order valence-corrected chi connectivity index (χ4v) is 4.53. The van der Waals surface area contributed by atoms with Gasteiger partial charge in [-0.05, 0) is 38.8 Å². The maximum Gasteiger partial charge on any atom is 0.410 e. The molecule has 156 valence electrons. The number of ether oxygens (including phenoxy) is 2. The molecule has 2 aromatic rings. The Hall–Kier alpha value is -2.88. The number of amides is 2. The van der Waals surface area contributed by atoms with Crippen molar-refractivity contribution in [3.8, 4) is 0 Å². The lowest BCUT2D eigenvalue weighted by atomic mass is 10.0. The fourth-order valence-electron chi connectivity index (χ4n) is 3.29. The molecule has 1 aliphatic heterocycles. The Labute approximate surface area is 172 Å². The van der Waals surface area contributed by atoms with Crippen LogP contribution < -0.4 is 5.32 Å². The molecule has 3 heterocycles. The van der Waals surface area contributed by atoms with Crippen molar-refractivity contribution in [1.29, 1.82) is 0 Å². The summed E-state index contributed by atoms with van der Waals surface area (Å²) in [5.74, 6) is -0.913. The molecule has 3 rings (SSSR count). The van der Waals surface area contributed by atoms with Crippen LogP contribution in [0.5, 0.6) is 0 Å². The Balaban J connectivity index is 1.89. The molecule has 0 aliphatic carbocycles. The average Bonchev–Trinajstić information content (AvgIpc) is 3.26. The predicted octanol–water partition coefficient (Wildman–Crippen LogP) is 2.83. The molecule has 0 bridgehead atoms. The normalized spacial score (nSPS) is 13.0. The van der Waals surface area contributed by atoms with Gasteiger partial charge in [-0.2, -0.15) is 5.10 Å². The fraction of sp³-hybridized carbons (Fsp3) is 0.474. The summed E-state index contributed by atoms with van der Waals surface area (Å²) in [5, 5.41) is 7.49. The van der Waals surface area contributed by atoms with Gasteiger partial charge in [0.1, 0.15) is 5.00 Å². The third-order valence-corrected chi connectivity index (χ3v) is 5.85. The Morgan fingerprint density at radius 1 is 1.31 bits per heavy atom. The zero-order valence-electron chi connectivity index (χ0n) is 16.9. The predicted molar refractivity (Wildman–Crippen MR) is 107 cm³/mol. The lowest BCUT2D eigenvalue weighted by molar-refractivity contribution is 0.0600. The van der Waals surface area contributed by atoms with Gasteiger partial charge in [0.15, 0.2) is 5.69 Å². The summed E-state index contributed by atoms with van der Waals surface area (Å²) in [6.07, 6.45) is 0.0893. The highest BCUT2D eigenvalue weighted by Crippen LogP contribution is 2.38. The van der Waals surface area contributed by atoms with Crippen LogP contribution >= 0.6 is 11.3 Å². The number of carbonyl (C=O) groups excluding carboxylic acids is 3. The topological polar surface area (TPSA) is 103 Å². The zero-order chi connectivity index (χ0) is 21.1. The summed E-state index contributed by atoms with van der Waals surface area (Å²) in [4.78, 5) is 39.6. The lowest BCUT2D eigenvalue weighted by Crippen LogP contribution is -2.36. The van der Waals surface area contributed by atoms with Crippen LogP contribution in [0.3, 0.4) is 0 Å². The molecule has 0 fully saturated rings. The molecular weight excluding hydrogens is 396 g/mol. The Morgan fingerprint density at radius 2 is 2.07 bits per heavy atom. The van der Waals surface area contributed by atoms with Crippen LogP contribution in [0.25, 0.3) is 0 Å². The molecule has 0 radical (unpaired) electrons. The van der Waals surface area contributed by atoms with Crippen LogP contribution in [-0.4, -0.2) is 52.9 Å². The highest BCUT2D eigenvalue weighted by atomic mass is 32.1. The molecule has 2 amide bonds. The molecular formula is C19H24N4O5S. The summed E-state index contributed by atoms with van der Waals surface area (Å²) in [6, 6.07) is 1.70. The van der Waals surface area contributed by atoms with Crippen molar-refractivity contribution >= 4 is 34.3 Å². The first-order chi connectivity index (χ1) is 13.9. The average molecular weight is 420 g/mol. The summed E-state index contributed by atoms with van der Waals surface area (Å²) in [6.45, 7) is 7.28. The highest BCUT2D eigenvalue weighted by molar-refractivity contribution is 7.17. The van der Waals surface area contributed by atoms with Crippen LogP contribution in [0.4, 0.5) is 9.80 Å². The maximum absolute atomic E-state index is 12.7. The van der Waals surface area contributed by atoms with Crippen molar-refractivity contribution in [1.82, 2.24) is 14.7 Å². The third-order valence-electron chi connectivity index (χ3n) is 4.71. The van der Waals surface area contributed by atoms with Gasteiger partial charge in [-0.25, -0.2) is 9.59 Å². The lowest BCUT2D eigenvalue weighted by Gasteiger charge is -2.26. The molecule has 0 aromatic carbocycles. The second-order valence-electron chi connectivity index (χ2n) is 6.51. The smallest absolute Gasteiger partial charge is 0.410 e. The van der Waals surface area contributed by atoms with E-state index in [1.807, 2.05) is 13.8 Å². The monoisotopic (exact) mass is 420 g/mol. The molecule has 10 heteroatoms. The number of aromatic nitrogens is 2. The van der Waals surface area contributed by atoms with Crippen molar-refractivity contribution in [2.45, 2.75) is 40.3 Å². The Morgan fingerprint density at radius 3 is 2.69 bits per heavy atom. The van der Waals surface area contributed by atoms with Gasteiger partial charge < -0.3 is 19.7 Å². The number of hydrogen-bond acceptors (Lipinski definition) is 7. The van der Waals surface area contributed by atoms with E-state index in [1.54, 1.807) is 22.6 Å². The SMILES string of the molecule is CCOC(=O)N1CCc2c(sc(NC(=O)c3cc(C)n(CC)n3)c2C(=O)OC)C1. The first-order valence-electron chi connectivity index (χ1n) is 9.39. The van der Waals surface area contributed by atoms with Gasteiger partial charge in [-0.15, -0.1) is 11.3 Å². The van der Waals surface area contributed by atoms with E-state index < -0.39 is 18.0 Å². The van der Waals surface area contributed by atoms with Crippen LogP contribution in [0.1, 0.15) is 50.8 Å². The number of nitrogens with zero attached hydrogens (tertiary/aromatic N) is 3. The summed E-state index contributed by atoms with van der Waals surface area (Å²) < 4.78 is 11.7. The van der Waals surface area contributed by atoms with Crippen LogP contribution in [0.15, 0.2) is 6.07 Å². The molecule has 1 N–H and O–H groups in total. The van der Waals surface area contributed by atoms with E-state index in [1.165, 1.54) is 18.4 Å². The van der Waals surface area contributed by atoms with Crippen LogP contribution in [-0.2, 0) is 29.0 Å². The van der Waals surface area contributed by atoms with Gasteiger partial charge in [-0.1, -0.05) is 0 Å². The van der Waals surface area contributed by atoms with Gasteiger partial charge in [0.05, 0.1) is 25.8 Å². The molecule has 9 nitrogen and oxygen atoms in total. The molecule has 2 aromatic heterocycles. The number of esters is 1. The maximum atomic E-state index is 12.7. The van der Waals surface area contributed by atoms with Gasteiger partial charge in [0.25, 0.3) is 5.91 Å². The largest absolute Gasteiger partial charge is 0.465 e. The zero-order valence-corrected chi connectivity index (χ0v) is 17.7. The van der Waals surface area contributed by atoms with Gasteiger partial charge in [-0.3, -0.25) is 9.48 Å².